The molecule has 1 aliphatic heterocycles. The standard InChI is InChI=1S/C34H42N6O5S2/c1-3-28(26-19-37-38-20-26)35-21-31(41)29(15-23-9-5-4-6-10-23)39-33(42)24-16-25(18-27(17-24)36-22-47(2,44)45)34(43)40-13-7-11-30(40)32-12-8-14-46-32/h4-6,8-10,12,14,16-20,28-31,35-36,41H,3,7,11,13,15,21-22H2,1-2H3,(H,37,38)(H,39,42)/t28?,29-,30?,31+/m0/s1. The predicted octanol–water partition coefficient (Wildman–Crippen LogP) is 4.31. The number of likely N-dealkylation sites (tertiary alicyclic amines) is 1. The van der Waals surface area contributed by atoms with Crippen LogP contribution >= 0.6 is 11.3 Å². The highest BCUT2D eigenvalue weighted by atomic mass is 32.2. The number of rotatable bonds is 15. The third-order valence-corrected chi connectivity index (χ3v) is 9.99. The highest BCUT2D eigenvalue weighted by Gasteiger charge is 2.32. The minimum Gasteiger partial charge on any atom is -0.390 e. The first-order valence-electron chi connectivity index (χ1n) is 15.8. The number of benzene rings is 2. The van der Waals surface area contributed by atoms with Gasteiger partial charge in [0.2, 0.25) is 0 Å². The molecule has 2 amide bonds. The number of sulfone groups is 1. The molecule has 13 heteroatoms. The molecule has 0 aliphatic carbocycles. The first-order valence-corrected chi connectivity index (χ1v) is 18.7. The molecule has 0 saturated carbocycles. The van der Waals surface area contributed by atoms with Crippen LogP contribution in [0.15, 0.2) is 78.4 Å². The summed E-state index contributed by atoms with van der Waals surface area (Å²) in [7, 11) is -3.39. The van der Waals surface area contributed by atoms with Crippen LogP contribution in [-0.4, -0.2) is 77.8 Å². The number of amides is 2. The lowest BCUT2D eigenvalue weighted by Crippen LogP contribution is -2.49. The van der Waals surface area contributed by atoms with Gasteiger partial charge >= 0.3 is 0 Å². The monoisotopic (exact) mass is 678 g/mol. The molecule has 1 aliphatic rings. The maximum absolute atomic E-state index is 13.9. The zero-order valence-corrected chi connectivity index (χ0v) is 28.2. The number of anilines is 1. The molecule has 4 atom stereocenters. The SMILES string of the molecule is CCC(NC[C@@H](O)[C@H](Cc1ccccc1)NC(=O)c1cc(NCS(C)(=O)=O)cc(C(=O)N2CCCC2c2cccs2)c1)c1cn[nH]c1. The number of nitrogens with zero attached hydrogens (tertiary/aromatic N) is 2. The molecule has 0 radical (unpaired) electrons. The summed E-state index contributed by atoms with van der Waals surface area (Å²) in [6.45, 7) is 2.83. The van der Waals surface area contributed by atoms with Crippen molar-refractivity contribution in [3.8, 4) is 0 Å². The second-order valence-electron chi connectivity index (χ2n) is 12.0. The molecule has 11 nitrogen and oxygen atoms in total. The van der Waals surface area contributed by atoms with Gasteiger partial charge in [-0.05, 0) is 60.9 Å². The zero-order chi connectivity index (χ0) is 33.4. The van der Waals surface area contributed by atoms with Crippen molar-refractivity contribution >= 4 is 38.7 Å². The van der Waals surface area contributed by atoms with E-state index in [0.29, 0.717) is 18.7 Å². The highest BCUT2D eigenvalue weighted by molar-refractivity contribution is 7.90. The fourth-order valence-electron chi connectivity index (χ4n) is 5.91. The number of aliphatic hydroxyl groups is 1. The van der Waals surface area contributed by atoms with Crippen LogP contribution in [0.25, 0.3) is 0 Å². The van der Waals surface area contributed by atoms with Crippen molar-refractivity contribution in [1.82, 2.24) is 25.7 Å². The number of hydrogen-bond acceptors (Lipinski definition) is 9. The number of carbonyl (C=O) groups excluding carboxylic acids is 2. The van der Waals surface area contributed by atoms with Gasteiger partial charge in [-0.25, -0.2) is 8.42 Å². The van der Waals surface area contributed by atoms with Crippen LogP contribution < -0.4 is 16.0 Å². The van der Waals surface area contributed by atoms with E-state index < -0.39 is 27.9 Å². The summed E-state index contributed by atoms with van der Waals surface area (Å²) in [6, 6.07) is 17.5. The van der Waals surface area contributed by atoms with E-state index in [9.17, 15) is 23.1 Å². The van der Waals surface area contributed by atoms with Crippen molar-refractivity contribution in [2.75, 3.05) is 30.5 Å². The second-order valence-corrected chi connectivity index (χ2v) is 15.1. The van der Waals surface area contributed by atoms with E-state index in [1.165, 1.54) is 6.07 Å². The largest absolute Gasteiger partial charge is 0.390 e. The Morgan fingerprint density at radius 2 is 1.91 bits per heavy atom. The summed E-state index contributed by atoms with van der Waals surface area (Å²) < 4.78 is 23.9. The van der Waals surface area contributed by atoms with E-state index in [0.717, 1.165) is 41.5 Å². The fraction of sp³-hybridized carbons (Fsp3) is 0.382. The van der Waals surface area contributed by atoms with Gasteiger partial charge in [0.1, 0.15) is 5.88 Å². The maximum atomic E-state index is 13.9. The smallest absolute Gasteiger partial charge is 0.254 e. The number of nitrogens with one attached hydrogen (secondary N) is 4. The van der Waals surface area contributed by atoms with Crippen LogP contribution in [0.1, 0.15) is 75.0 Å². The van der Waals surface area contributed by atoms with Crippen LogP contribution in [0, 0.1) is 0 Å². The van der Waals surface area contributed by atoms with Crippen LogP contribution in [0.3, 0.4) is 0 Å². The number of hydrogen-bond donors (Lipinski definition) is 5. The molecule has 4 aromatic rings. The summed E-state index contributed by atoms with van der Waals surface area (Å²) in [5.74, 6) is -1.07. The Morgan fingerprint density at radius 3 is 2.60 bits per heavy atom. The Kier molecular flexibility index (Phi) is 11.5. The summed E-state index contributed by atoms with van der Waals surface area (Å²) in [6.07, 6.45) is 6.55. The van der Waals surface area contributed by atoms with Crippen LogP contribution in [0.2, 0.25) is 0 Å². The van der Waals surface area contributed by atoms with Gasteiger partial charge in [0, 0.05) is 58.8 Å². The first-order chi connectivity index (χ1) is 22.6. The normalized spacial score (nSPS) is 16.8. The Bertz CT molecular complexity index is 1710. The minimum atomic E-state index is -3.39. The second kappa shape index (κ2) is 15.7. The molecule has 5 rings (SSSR count). The van der Waals surface area contributed by atoms with Gasteiger partial charge in [-0.1, -0.05) is 43.3 Å². The van der Waals surface area contributed by atoms with E-state index in [2.05, 4.69) is 26.1 Å². The Balaban J connectivity index is 1.40. The molecular weight excluding hydrogens is 637 g/mol. The molecule has 5 N–H and O–H groups in total. The molecule has 0 spiro atoms. The number of aliphatic hydroxyl groups excluding tert-OH is 1. The number of carbonyl (C=O) groups is 2. The van der Waals surface area contributed by atoms with Gasteiger partial charge in [0.05, 0.1) is 24.4 Å². The molecule has 3 heterocycles. The average Bonchev–Trinajstić information content (AvgIpc) is 3.87. The fourth-order valence-corrected chi connectivity index (χ4v) is 7.21. The highest BCUT2D eigenvalue weighted by Crippen LogP contribution is 2.36. The lowest BCUT2D eigenvalue weighted by atomic mass is 9.99. The van der Waals surface area contributed by atoms with Gasteiger partial charge in [-0.15, -0.1) is 11.3 Å². The lowest BCUT2D eigenvalue weighted by molar-refractivity contribution is 0.0738. The number of aromatic amines is 1. The third kappa shape index (κ3) is 9.28. The van der Waals surface area contributed by atoms with E-state index in [-0.39, 0.29) is 41.5 Å². The van der Waals surface area contributed by atoms with Crippen LogP contribution in [-0.2, 0) is 16.3 Å². The number of thiophene rings is 1. The Morgan fingerprint density at radius 1 is 1.13 bits per heavy atom. The van der Waals surface area contributed by atoms with E-state index >= 15 is 0 Å². The molecule has 2 unspecified atom stereocenters. The molecule has 0 bridgehead atoms. The molecule has 1 fully saturated rings. The molecule has 47 heavy (non-hydrogen) atoms. The molecule has 250 valence electrons. The van der Waals surface area contributed by atoms with Gasteiger partial charge in [0.15, 0.2) is 9.84 Å². The van der Waals surface area contributed by atoms with Gasteiger partial charge in [-0.2, -0.15) is 5.10 Å². The third-order valence-electron chi connectivity index (χ3n) is 8.35. The predicted molar refractivity (Wildman–Crippen MR) is 184 cm³/mol. The van der Waals surface area contributed by atoms with Crippen molar-refractivity contribution in [2.24, 2.45) is 0 Å². The summed E-state index contributed by atoms with van der Waals surface area (Å²) >= 11 is 1.60. The molecule has 2 aromatic heterocycles. The van der Waals surface area contributed by atoms with Crippen molar-refractivity contribution in [3.63, 3.8) is 0 Å². The van der Waals surface area contributed by atoms with Gasteiger partial charge < -0.3 is 26.0 Å². The zero-order valence-electron chi connectivity index (χ0n) is 26.6. The van der Waals surface area contributed by atoms with Crippen LogP contribution in [0.5, 0.6) is 0 Å². The van der Waals surface area contributed by atoms with Gasteiger partial charge in [-0.3, -0.25) is 14.7 Å². The average molecular weight is 679 g/mol. The number of aromatic nitrogens is 2. The Hall–Kier alpha value is -4.04. The van der Waals surface area contributed by atoms with Crippen LogP contribution in [0.4, 0.5) is 5.69 Å². The Labute approximate surface area is 279 Å². The summed E-state index contributed by atoms with van der Waals surface area (Å²) in [5.41, 5.74) is 2.71. The maximum Gasteiger partial charge on any atom is 0.254 e. The minimum absolute atomic E-state index is 0.0359. The lowest BCUT2D eigenvalue weighted by Gasteiger charge is -2.27. The van der Waals surface area contributed by atoms with E-state index in [4.69, 9.17) is 0 Å². The molecule has 1 saturated heterocycles. The van der Waals surface area contributed by atoms with Crippen molar-refractivity contribution < 1.29 is 23.1 Å². The summed E-state index contributed by atoms with van der Waals surface area (Å²) in [5, 5.41) is 29.5. The van der Waals surface area contributed by atoms with Crippen molar-refractivity contribution in [1.29, 1.82) is 0 Å². The van der Waals surface area contributed by atoms with E-state index in [1.807, 2.05) is 65.9 Å². The molecular formula is C34H42N6O5S2. The van der Waals surface area contributed by atoms with Gasteiger partial charge in [0.25, 0.3) is 11.8 Å². The van der Waals surface area contributed by atoms with Crippen molar-refractivity contribution in [3.05, 3.63) is 106 Å². The summed E-state index contributed by atoms with van der Waals surface area (Å²) in [4.78, 5) is 30.8. The molecule has 2 aromatic carbocycles. The van der Waals surface area contributed by atoms with Crippen molar-refractivity contribution in [2.45, 2.75) is 56.8 Å². The topological polar surface area (TPSA) is 157 Å². The quantitative estimate of drug-likeness (QED) is 0.125. The van der Waals surface area contributed by atoms with E-state index in [1.54, 1.807) is 29.7 Å². The number of H-pyrrole nitrogens is 1. The first kappa shape index (κ1) is 34.3.